The van der Waals surface area contributed by atoms with Gasteiger partial charge in [0.05, 0.1) is 19.3 Å². The van der Waals surface area contributed by atoms with Crippen LogP contribution in [0.15, 0.2) is 48.8 Å². The zero-order chi connectivity index (χ0) is 19.1. The van der Waals surface area contributed by atoms with E-state index in [-0.39, 0.29) is 19.3 Å². The van der Waals surface area contributed by atoms with E-state index in [2.05, 4.69) is 11.2 Å². The van der Waals surface area contributed by atoms with Crippen LogP contribution in [0.2, 0.25) is 0 Å². The van der Waals surface area contributed by atoms with E-state index in [9.17, 15) is 4.79 Å². The smallest absolute Gasteiger partial charge is 0.253 e. The minimum absolute atomic E-state index is 0.0570. The lowest BCUT2D eigenvalue weighted by Gasteiger charge is -2.23. The van der Waals surface area contributed by atoms with Crippen LogP contribution in [0.25, 0.3) is 11.1 Å². The first-order valence-corrected chi connectivity index (χ1v) is 9.06. The molecule has 3 aromatic rings. The number of hydrogen-bond donors (Lipinski definition) is 0. The van der Waals surface area contributed by atoms with Gasteiger partial charge in [-0.3, -0.25) is 9.48 Å². The Balaban J connectivity index is 1.49. The minimum Gasteiger partial charge on any atom is -0.454 e. The van der Waals surface area contributed by atoms with Crippen molar-refractivity contribution in [2.24, 2.45) is 7.05 Å². The highest BCUT2D eigenvalue weighted by atomic mass is 16.7. The molecule has 0 fully saturated rings. The summed E-state index contributed by atoms with van der Waals surface area (Å²) in [5, 5.41) is 4.23. The van der Waals surface area contributed by atoms with Gasteiger partial charge in [0.25, 0.3) is 5.91 Å². The lowest BCUT2D eigenvalue weighted by Crippen LogP contribution is -2.32. The molecule has 7 heteroatoms. The molecule has 28 heavy (non-hydrogen) atoms. The average molecular weight is 377 g/mol. The van der Waals surface area contributed by atoms with Gasteiger partial charge in [0.2, 0.25) is 6.79 Å². The van der Waals surface area contributed by atoms with Crippen LogP contribution in [0, 0.1) is 0 Å². The number of amides is 1. The molecular formula is C21H19N3O4. The van der Waals surface area contributed by atoms with Gasteiger partial charge >= 0.3 is 0 Å². The Morgan fingerprint density at radius 3 is 2.79 bits per heavy atom. The maximum Gasteiger partial charge on any atom is 0.253 e. The van der Waals surface area contributed by atoms with Gasteiger partial charge in [-0.25, -0.2) is 0 Å². The predicted octanol–water partition coefficient (Wildman–Crippen LogP) is 2.88. The first kappa shape index (κ1) is 16.8. The molecule has 0 aliphatic carbocycles. The first-order chi connectivity index (χ1) is 13.7. The van der Waals surface area contributed by atoms with Gasteiger partial charge < -0.3 is 19.1 Å². The van der Waals surface area contributed by atoms with Crippen LogP contribution in [0.1, 0.15) is 11.1 Å². The number of carbonyl (C=O) groups excluding carboxylic acids is 1. The van der Waals surface area contributed by atoms with Crippen molar-refractivity contribution in [2.45, 2.75) is 13.2 Å². The Labute approximate surface area is 162 Å². The quantitative estimate of drug-likeness (QED) is 0.702. The van der Waals surface area contributed by atoms with Crippen molar-refractivity contribution in [1.29, 1.82) is 0 Å². The Bertz CT molecular complexity index is 1060. The van der Waals surface area contributed by atoms with Gasteiger partial charge in [-0.2, -0.15) is 5.10 Å². The van der Waals surface area contributed by atoms with Crippen molar-refractivity contribution in [2.75, 3.05) is 18.3 Å². The molecule has 2 aliphatic heterocycles. The molecule has 0 atom stereocenters. The van der Waals surface area contributed by atoms with Crippen LogP contribution >= 0.6 is 0 Å². The number of ether oxygens (including phenoxy) is 3. The number of nitrogens with zero attached hydrogens (tertiary/aromatic N) is 3. The average Bonchev–Trinajstić information content (AvgIpc) is 3.31. The molecule has 0 bridgehead atoms. The van der Waals surface area contributed by atoms with E-state index < -0.39 is 0 Å². The summed E-state index contributed by atoms with van der Waals surface area (Å²) in [5.74, 6) is 1.38. The summed E-state index contributed by atoms with van der Waals surface area (Å²) >= 11 is 0. The SMILES string of the molecule is Cn1cc(-c2ccc3c(c2)COCC(=O)N3Cc2ccc3c(c2)OCO3)cn1. The summed E-state index contributed by atoms with van der Waals surface area (Å²) in [6, 6.07) is 11.8. The van der Waals surface area contributed by atoms with Crippen molar-refractivity contribution in [1.82, 2.24) is 9.78 Å². The van der Waals surface area contributed by atoms with E-state index in [1.54, 1.807) is 9.58 Å². The highest BCUT2D eigenvalue weighted by Crippen LogP contribution is 2.35. The zero-order valence-electron chi connectivity index (χ0n) is 15.4. The van der Waals surface area contributed by atoms with Crippen molar-refractivity contribution in [3.05, 3.63) is 59.9 Å². The van der Waals surface area contributed by atoms with Gasteiger partial charge in [0.15, 0.2) is 11.5 Å². The van der Waals surface area contributed by atoms with Crippen LogP contribution < -0.4 is 14.4 Å². The molecule has 1 aromatic heterocycles. The highest BCUT2D eigenvalue weighted by Gasteiger charge is 2.24. The molecule has 0 N–H and O–H groups in total. The number of anilines is 1. The summed E-state index contributed by atoms with van der Waals surface area (Å²) in [6.07, 6.45) is 3.80. The van der Waals surface area contributed by atoms with E-state index >= 15 is 0 Å². The summed E-state index contributed by atoms with van der Waals surface area (Å²) in [6.45, 7) is 1.13. The normalized spacial score (nSPS) is 15.5. The van der Waals surface area contributed by atoms with E-state index in [0.717, 1.165) is 33.7 Å². The van der Waals surface area contributed by atoms with Crippen molar-refractivity contribution < 1.29 is 19.0 Å². The zero-order valence-corrected chi connectivity index (χ0v) is 15.4. The number of fused-ring (bicyclic) bond motifs is 2. The predicted molar refractivity (Wildman–Crippen MR) is 102 cm³/mol. The fourth-order valence-corrected chi connectivity index (χ4v) is 3.57. The van der Waals surface area contributed by atoms with Gasteiger partial charge in [-0.1, -0.05) is 12.1 Å². The molecule has 0 saturated carbocycles. The number of rotatable bonds is 3. The monoisotopic (exact) mass is 377 g/mol. The number of hydrogen-bond acceptors (Lipinski definition) is 5. The Morgan fingerprint density at radius 2 is 1.93 bits per heavy atom. The summed E-state index contributed by atoms with van der Waals surface area (Å²) < 4.78 is 18.2. The van der Waals surface area contributed by atoms with E-state index in [1.165, 1.54) is 0 Å². The molecular weight excluding hydrogens is 358 g/mol. The molecule has 142 valence electrons. The van der Waals surface area contributed by atoms with Crippen LogP contribution in [-0.4, -0.2) is 29.1 Å². The van der Waals surface area contributed by atoms with E-state index in [1.807, 2.05) is 49.8 Å². The standard InChI is InChI=1S/C21H19N3O4/c1-23-10-17(8-22-23)15-3-4-18-16(7-15)11-26-12-21(25)24(18)9-14-2-5-19-20(6-14)28-13-27-19/h2-8,10H,9,11-13H2,1H3. The Hall–Kier alpha value is -3.32. The molecule has 0 radical (unpaired) electrons. The number of benzene rings is 2. The maximum absolute atomic E-state index is 12.7. The molecule has 2 aliphatic rings. The van der Waals surface area contributed by atoms with Crippen LogP contribution in [0.5, 0.6) is 11.5 Å². The largest absolute Gasteiger partial charge is 0.454 e. The number of aryl methyl sites for hydroxylation is 1. The van der Waals surface area contributed by atoms with Gasteiger partial charge in [-0.05, 0) is 35.4 Å². The fraction of sp³-hybridized carbons (Fsp3) is 0.238. The fourth-order valence-electron chi connectivity index (χ4n) is 3.57. The van der Waals surface area contributed by atoms with Gasteiger partial charge in [-0.15, -0.1) is 0 Å². The molecule has 0 saturated heterocycles. The van der Waals surface area contributed by atoms with Crippen molar-refractivity contribution >= 4 is 11.6 Å². The second-order valence-corrected chi connectivity index (χ2v) is 6.91. The third kappa shape index (κ3) is 2.99. The molecule has 0 spiro atoms. The van der Waals surface area contributed by atoms with Crippen molar-refractivity contribution in [3.63, 3.8) is 0 Å². The van der Waals surface area contributed by atoms with Gasteiger partial charge in [0, 0.05) is 30.1 Å². The second kappa shape index (κ2) is 6.69. The third-order valence-electron chi connectivity index (χ3n) is 4.97. The van der Waals surface area contributed by atoms with Crippen LogP contribution in [-0.2, 0) is 29.7 Å². The Kier molecular flexibility index (Phi) is 4.02. The molecule has 1 amide bonds. The topological polar surface area (TPSA) is 65.8 Å². The first-order valence-electron chi connectivity index (χ1n) is 9.06. The van der Waals surface area contributed by atoms with Crippen molar-refractivity contribution in [3.8, 4) is 22.6 Å². The third-order valence-corrected chi connectivity index (χ3v) is 4.97. The van der Waals surface area contributed by atoms with E-state index in [4.69, 9.17) is 14.2 Å². The maximum atomic E-state index is 12.7. The van der Waals surface area contributed by atoms with Crippen LogP contribution in [0.3, 0.4) is 0 Å². The van der Waals surface area contributed by atoms with Gasteiger partial charge in [0.1, 0.15) is 6.61 Å². The van der Waals surface area contributed by atoms with Crippen LogP contribution in [0.4, 0.5) is 5.69 Å². The summed E-state index contributed by atoms with van der Waals surface area (Å²) in [5.41, 5.74) is 4.90. The lowest BCUT2D eigenvalue weighted by atomic mass is 10.0. The lowest BCUT2D eigenvalue weighted by molar-refractivity contribution is -0.123. The number of aromatic nitrogens is 2. The van der Waals surface area contributed by atoms with E-state index in [0.29, 0.717) is 18.9 Å². The molecule has 2 aromatic carbocycles. The minimum atomic E-state index is -0.0643. The highest BCUT2D eigenvalue weighted by molar-refractivity contribution is 5.96. The molecule has 0 unspecified atom stereocenters. The summed E-state index contributed by atoms with van der Waals surface area (Å²) in [4.78, 5) is 14.5. The second-order valence-electron chi connectivity index (χ2n) is 6.91. The molecule has 3 heterocycles. The molecule has 7 nitrogen and oxygen atoms in total. The molecule has 5 rings (SSSR count). The number of carbonyl (C=O) groups is 1. The summed E-state index contributed by atoms with van der Waals surface area (Å²) in [7, 11) is 1.89. The Morgan fingerprint density at radius 1 is 1.04 bits per heavy atom.